The number of benzene rings is 1. The molecule has 33 heavy (non-hydrogen) atoms. The van der Waals surface area contributed by atoms with Gasteiger partial charge in [0, 0.05) is 56.1 Å². The summed E-state index contributed by atoms with van der Waals surface area (Å²) in [6.07, 6.45) is 4.75. The van der Waals surface area contributed by atoms with Crippen LogP contribution >= 0.6 is 11.3 Å². The Bertz CT molecular complexity index is 1170. The lowest BCUT2D eigenvalue weighted by atomic mass is 10.1. The fourth-order valence-electron chi connectivity index (χ4n) is 5.02. The molecular weight excluding hydrogens is 458 g/mol. The summed E-state index contributed by atoms with van der Waals surface area (Å²) in [5.41, 5.74) is 2.87. The maximum atomic E-state index is 13.0. The Morgan fingerprint density at radius 3 is 2.48 bits per heavy atom. The third-order valence-electron chi connectivity index (χ3n) is 6.91. The predicted octanol–water partition coefficient (Wildman–Crippen LogP) is 3.18. The van der Waals surface area contributed by atoms with E-state index in [1.807, 2.05) is 4.90 Å². The SMILES string of the molecule is O=C(CCC(=O)N1CCc2cc(S(=O)(=O)N3CCCCC3)ccc21)N1CCc2sccc2C1. The minimum absolute atomic E-state index is 0.0163. The number of hydrogen-bond donors (Lipinski definition) is 0. The first-order chi connectivity index (χ1) is 15.9. The van der Waals surface area contributed by atoms with Crippen LogP contribution in [0.25, 0.3) is 0 Å². The first-order valence-corrected chi connectivity index (χ1v) is 14.0. The molecule has 0 spiro atoms. The summed E-state index contributed by atoms with van der Waals surface area (Å²) in [5.74, 6) is -0.0652. The van der Waals surface area contributed by atoms with E-state index in [2.05, 4.69) is 11.4 Å². The number of fused-ring (bicyclic) bond motifs is 2. The second kappa shape index (κ2) is 9.19. The van der Waals surface area contributed by atoms with Gasteiger partial charge < -0.3 is 9.80 Å². The molecule has 4 heterocycles. The van der Waals surface area contributed by atoms with Crippen LogP contribution in [0.2, 0.25) is 0 Å². The van der Waals surface area contributed by atoms with Crippen molar-refractivity contribution >= 4 is 38.9 Å². The van der Waals surface area contributed by atoms with E-state index in [4.69, 9.17) is 0 Å². The van der Waals surface area contributed by atoms with E-state index in [9.17, 15) is 18.0 Å². The van der Waals surface area contributed by atoms with Crippen molar-refractivity contribution in [2.24, 2.45) is 0 Å². The van der Waals surface area contributed by atoms with Crippen molar-refractivity contribution in [1.29, 1.82) is 0 Å². The zero-order valence-corrected chi connectivity index (χ0v) is 20.3. The number of amides is 2. The standard InChI is InChI=1S/C24H29N3O4S2/c28-23(25-13-9-22-19(17-25)10-15-32-22)6-7-24(29)27-14-8-18-16-20(4-5-21(18)27)33(30,31)26-11-2-1-3-12-26/h4-5,10,15-16H,1-3,6-9,11-14,17H2. The smallest absolute Gasteiger partial charge is 0.243 e. The highest BCUT2D eigenvalue weighted by molar-refractivity contribution is 7.89. The van der Waals surface area contributed by atoms with Crippen molar-refractivity contribution in [1.82, 2.24) is 9.21 Å². The third-order valence-corrected chi connectivity index (χ3v) is 9.83. The van der Waals surface area contributed by atoms with Crippen LogP contribution in [-0.4, -0.2) is 55.6 Å². The van der Waals surface area contributed by atoms with Gasteiger partial charge >= 0.3 is 0 Å². The molecule has 3 aliphatic heterocycles. The first-order valence-electron chi connectivity index (χ1n) is 11.7. The summed E-state index contributed by atoms with van der Waals surface area (Å²) in [6.45, 7) is 3.01. The summed E-state index contributed by atoms with van der Waals surface area (Å²) >= 11 is 1.74. The van der Waals surface area contributed by atoms with E-state index < -0.39 is 10.0 Å². The van der Waals surface area contributed by atoms with Crippen molar-refractivity contribution in [3.8, 4) is 0 Å². The lowest BCUT2D eigenvalue weighted by molar-refractivity contribution is -0.134. The van der Waals surface area contributed by atoms with E-state index in [1.54, 1.807) is 38.7 Å². The highest BCUT2D eigenvalue weighted by atomic mass is 32.2. The number of carbonyl (C=O) groups is 2. The van der Waals surface area contributed by atoms with Crippen LogP contribution in [0.1, 0.15) is 48.1 Å². The minimum Gasteiger partial charge on any atom is -0.338 e. The average molecular weight is 488 g/mol. The Labute approximate surface area is 199 Å². The Morgan fingerprint density at radius 1 is 0.879 bits per heavy atom. The second-order valence-electron chi connectivity index (χ2n) is 8.98. The molecule has 0 aliphatic carbocycles. The molecule has 7 nitrogen and oxygen atoms in total. The quantitative estimate of drug-likeness (QED) is 0.649. The molecule has 1 fully saturated rings. The summed E-state index contributed by atoms with van der Waals surface area (Å²) < 4.78 is 27.6. The fourth-order valence-corrected chi connectivity index (χ4v) is 7.48. The number of thiophene rings is 1. The summed E-state index contributed by atoms with van der Waals surface area (Å²) in [5, 5.41) is 2.07. The largest absolute Gasteiger partial charge is 0.338 e. The van der Waals surface area contributed by atoms with Crippen molar-refractivity contribution in [2.45, 2.75) is 56.4 Å². The number of hydrogen-bond acceptors (Lipinski definition) is 5. The Hall–Kier alpha value is -2.23. The molecule has 0 atom stereocenters. The lowest BCUT2D eigenvalue weighted by Gasteiger charge is -2.27. The van der Waals surface area contributed by atoms with Crippen LogP contribution in [-0.2, 0) is 39.0 Å². The maximum absolute atomic E-state index is 13.0. The number of piperidine rings is 1. The van der Waals surface area contributed by atoms with Gasteiger partial charge in [0.05, 0.1) is 4.90 Å². The van der Waals surface area contributed by atoms with E-state index in [0.29, 0.717) is 44.0 Å². The molecule has 2 amide bonds. The van der Waals surface area contributed by atoms with Gasteiger partial charge in [0.15, 0.2) is 0 Å². The highest BCUT2D eigenvalue weighted by Crippen LogP contribution is 2.32. The molecule has 1 saturated heterocycles. The molecule has 0 bridgehead atoms. The van der Waals surface area contributed by atoms with E-state index in [1.165, 1.54) is 10.4 Å². The van der Waals surface area contributed by atoms with Gasteiger partial charge in [0.1, 0.15) is 0 Å². The van der Waals surface area contributed by atoms with Gasteiger partial charge in [0.2, 0.25) is 21.8 Å². The highest BCUT2D eigenvalue weighted by Gasteiger charge is 2.30. The normalized spacial score (nSPS) is 18.8. The van der Waals surface area contributed by atoms with E-state index in [0.717, 1.165) is 36.9 Å². The number of sulfonamides is 1. The van der Waals surface area contributed by atoms with Crippen molar-refractivity contribution in [3.05, 3.63) is 45.6 Å². The molecule has 0 saturated carbocycles. The van der Waals surface area contributed by atoms with Gasteiger partial charge in [-0.15, -0.1) is 11.3 Å². The average Bonchev–Trinajstić information content (AvgIpc) is 3.49. The minimum atomic E-state index is -3.49. The molecule has 0 radical (unpaired) electrons. The Kier molecular flexibility index (Phi) is 6.28. The monoisotopic (exact) mass is 487 g/mol. The van der Waals surface area contributed by atoms with E-state index in [-0.39, 0.29) is 24.7 Å². The summed E-state index contributed by atoms with van der Waals surface area (Å²) in [4.78, 5) is 30.8. The first kappa shape index (κ1) is 22.6. The molecule has 2 aromatic rings. The van der Waals surface area contributed by atoms with Crippen molar-refractivity contribution in [2.75, 3.05) is 31.1 Å². The summed E-state index contributed by atoms with van der Waals surface area (Å²) in [6, 6.07) is 7.17. The zero-order chi connectivity index (χ0) is 23.0. The number of carbonyl (C=O) groups excluding carboxylic acids is 2. The predicted molar refractivity (Wildman–Crippen MR) is 128 cm³/mol. The molecule has 5 rings (SSSR count). The third kappa shape index (κ3) is 4.46. The van der Waals surface area contributed by atoms with Crippen LogP contribution in [0.5, 0.6) is 0 Å². The molecular formula is C24H29N3O4S2. The van der Waals surface area contributed by atoms with Gasteiger partial charge in [-0.1, -0.05) is 6.42 Å². The molecule has 176 valence electrons. The molecule has 0 N–H and O–H groups in total. The van der Waals surface area contributed by atoms with Gasteiger partial charge in [-0.05, 0) is 66.5 Å². The van der Waals surface area contributed by atoms with Gasteiger partial charge in [-0.2, -0.15) is 4.31 Å². The van der Waals surface area contributed by atoms with Crippen LogP contribution < -0.4 is 4.90 Å². The fraction of sp³-hybridized carbons (Fsp3) is 0.500. The second-order valence-corrected chi connectivity index (χ2v) is 11.9. The number of anilines is 1. The number of nitrogens with zero attached hydrogens (tertiary/aromatic N) is 3. The van der Waals surface area contributed by atoms with Gasteiger partial charge in [0.25, 0.3) is 0 Å². The van der Waals surface area contributed by atoms with Crippen molar-refractivity contribution < 1.29 is 18.0 Å². The van der Waals surface area contributed by atoms with Gasteiger partial charge in [-0.25, -0.2) is 8.42 Å². The molecule has 1 aromatic heterocycles. The topological polar surface area (TPSA) is 78.0 Å². The lowest BCUT2D eigenvalue weighted by Crippen LogP contribution is -2.36. The van der Waals surface area contributed by atoms with Crippen LogP contribution in [0, 0.1) is 0 Å². The Morgan fingerprint density at radius 2 is 1.67 bits per heavy atom. The van der Waals surface area contributed by atoms with Crippen LogP contribution in [0.4, 0.5) is 5.69 Å². The van der Waals surface area contributed by atoms with E-state index >= 15 is 0 Å². The molecule has 3 aliphatic rings. The molecule has 1 aromatic carbocycles. The number of rotatable bonds is 5. The maximum Gasteiger partial charge on any atom is 0.243 e. The summed E-state index contributed by atoms with van der Waals surface area (Å²) in [7, 11) is -3.49. The Balaban J connectivity index is 1.21. The van der Waals surface area contributed by atoms with Crippen LogP contribution in [0.3, 0.4) is 0 Å². The van der Waals surface area contributed by atoms with Crippen LogP contribution in [0.15, 0.2) is 34.5 Å². The van der Waals surface area contributed by atoms with Crippen molar-refractivity contribution in [3.63, 3.8) is 0 Å². The zero-order valence-electron chi connectivity index (χ0n) is 18.7. The van der Waals surface area contributed by atoms with Gasteiger partial charge in [-0.3, -0.25) is 9.59 Å². The molecule has 9 heteroatoms. The molecule has 0 unspecified atom stereocenters.